The van der Waals surface area contributed by atoms with Gasteiger partial charge in [0.1, 0.15) is 0 Å². The zero-order chi connectivity index (χ0) is 11.9. The first-order valence-corrected chi connectivity index (χ1v) is 6.98. The Labute approximate surface area is 101 Å². The lowest BCUT2D eigenvalue weighted by Crippen LogP contribution is -2.52. The van der Waals surface area contributed by atoms with Crippen LogP contribution in [0.3, 0.4) is 0 Å². The van der Waals surface area contributed by atoms with Gasteiger partial charge < -0.3 is 9.47 Å². The Kier molecular flexibility index (Phi) is 6.37. The minimum absolute atomic E-state index is 0.336. The predicted octanol–water partition coefficient (Wildman–Crippen LogP) is 3.79. The first kappa shape index (κ1) is 14.0. The quantitative estimate of drug-likeness (QED) is 0.559. The van der Waals surface area contributed by atoms with E-state index in [-0.39, 0.29) is 0 Å². The molecule has 2 nitrogen and oxygen atoms in total. The average Bonchev–Trinajstić information content (AvgIpc) is 2.23. The van der Waals surface area contributed by atoms with E-state index in [9.17, 15) is 0 Å². The van der Waals surface area contributed by atoms with Gasteiger partial charge >= 0.3 is 0 Å². The highest BCUT2D eigenvalue weighted by atomic mass is 16.5. The summed E-state index contributed by atoms with van der Waals surface area (Å²) in [6, 6.07) is 0. The van der Waals surface area contributed by atoms with Crippen LogP contribution in [0.4, 0.5) is 0 Å². The van der Waals surface area contributed by atoms with Crippen LogP contribution >= 0.6 is 0 Å². The molecule has 1 rings (SSSR count). The SMILES string of the molecule is CCCCCCC(OCC)C1(CC)COC1. The molecule has 0 saturated carbocycles. The fourth-order valence-corrected chi connectivity index (χ4v) is 2.51. The van der Waals surface area contributed by atoms with Crippen LogP contribution in [-0.2, 0) is 9.47 Å². The molecule has 96 valence electrons. The van der Waals surface area contributed by atoms with E-state index < -0.39 is 0 Å². The normalized spacial score (nSPS) is 20.4. The molecule has 0 bridgehead atoms. The van der Waals surface area contributed by atoms with Gasteiger partial charge in [-0.1, -0.05) is 39.5 Å². The van der Waals surface area contributed by atoms with Crippen molar-refractivity contribution in [3.63, 3.8) is 0 Å². The highest BCUT2D eigenvalue weighted by Crippen LogP contribution is 2.39. The van der Waals surface area contributed by atoms with Crippen molar-refractivity contribution in [3.8, 4) is 0 Å². The number of unbranched alkanes of at least 4 members (excludes halogenated alkanes) is 3. The molecule has 1 saturated heterocycles. The van der Waals surface area contributed by atoms with Crippen molar-refractivity contribution in [1.82, 2.24) is 0 Å². The molecule has 1 unspecified atom stereocenters. The standard InChI is InChI=1S/C14H28O2/c1-4-7-8-9-10-13(16-6-3)14(5-2)11-15-12-14/h13H,4-12H2,1-3H3. The van der Waals surface area contributed by atoms with Gasteiger partial charge in [0.2, 0.25) is 0 Å². The van der Waals surface area contributed by atoms with Crippen LogP contribution in [-0.4, -0.2) is 25.9 Å². The van der Waals surface area contributed by atoms with E-state index in [1.165, 1.54) is 38.5 Å². The summed E-state index contributed by atoms with van der Waals surface area (Å²) in [5.41, 5.74) is 0.336. The molecule has 0 aromatic carbocycles. The molecule has 0 spiro atoms. The molecule has 0 N–H and O–H groups in total. The van der Waals surface area contributed by atoms with Crippen LogP contribution < -0.4 is 0 Å². The van der Waals surface area contributed by atoms with E-state index in [1.54, 1.807) is 0 Å². The zero-order valence-electron chi connectivity index (χ0n) is 11.3. The third kappa shape index (κ3) is 3.46. The van der Waals surface area contributed by atoms with Crippen LogP contribution in [0.1, 0.15) is 59.3 Å². The third-order valence-electron chi connectivity index (χ3n) is 3.85. The third-order valence-corrected chi connectivity index (χ3v) is 3.85. The Bertz CT molecular complexity index is 170. The van der Waals surface area contributed by atoms with Crippen LogP contribution in [0, 0.1) is 5.41 Å². The van der Waals surface area contributed by atoms with Crippen LogP contribution in [0.25, 0.3) is 0 Å². The molecule has 1 fully saturated rings. The lowest BCUT2D eigenvalue weighted by atomic mass is 9.75. The van der Waals surface area contributed by atoms with Crippen molar-refractivity contribution >= 4 is 0 Å². The maximum absolute atomic E-state index is 5.94. The van der Waals surface area contributed by atoms with Gasteiger partial charge in [-0.2, -0.15) is 0 Å². The van der Waals surface area contributed by atoms with Gasteiger partial charge in [-0.25, -0.2) is 0 Å². The Morgan fingerprint density at radius 1 is 1.12 bits per heavy atom. The summed E-state index contributed by atoms with van der Waals surface area (Å²) < 4.78 is 11.3. The molecule has 1 heterocycles. The first-order valence-electron chi connectivity index (χ1n) is 6.98. The van der Waals surface area contributed by atoms with E-state index in [0.717, 1.165) is 19.8 Å². The number of rotatable bonds is 9. The maximum atomic E-state index is 5.94. The molecule has 16 heavy (non-hydrogen) atoms. The number of ether oxygens (including phenoxy) is 2. The highest BCUT2D eigenvalue weighted by Gasteiger charge is 2.44. The zero-order valence-corrected chi connectivity index (χ0v) is 11.3. The Morgan fingerprint density at radius 2 is 1.88 bits per heavy atom. The van der Waals surface area contributed by atoms with E-state index in [0.29, 0.717) is 11.5 Å². The summed E-state index contributed by atoms with van der Waals surface area (Å²) >= 11 is 0. The average molecular weight is 228 g/mol. The molecule has 0 aliphatic carbocycles. The second-order valence-electron chi connectivity index (χ2n) is 5.00. The molecule has 0 aromatic rings. The monoisotopic (exact) mass is 228 g/mol. The highest BCUT2D eigenvalue weighted by molar-refractivity contribution is 4.91. The van der Waals surface area contributed by atoms with Crippen molar-refractivity contribution in [1.29, 1.82) is 0 Å². The second kappa shape index (κ2) is 7.29. The maximum Gasteiger partial charge on any atom is 0.0675 e. The Hall–Kier alpha value is -0.0800. The Morgan fingerprint density at radius 3 is 2.31 bits per heavy atom. The fraction of sp³-hybridized carbons (Fsp3) is 1.00. The molecule has 2 heteroatoms. The van der Waals surface area contributed by atoms with E-state index in [4.69, 9.17) is 9.47 Å². The molecular weight excluding hydrogens is 200 g/mol. The summed E-state index contributed by atoms with van der Waals surface area (Å²) in [7, 11) is 0. The van der Waals surface area contributed by atoms with Crippen molar-refractivity contribution in [3.05, 3.63) is 0 Å². The summed E-state index contributed by atoms with van der Waals surface area (Å²) in [5, 5.41) is 0. The molecule has 0 radical (unpaired) electrons. The van der Waals surface area contributed by atoms with Crippen LogP contribution in [0.5, 0.6) is 0 Å². The van der Waals surface area contributed by atoms with Gasteiger partial charge in [0.25, 0.3) is 0 Å². The van der Waals surface area contributed by atoms with Crippen molar-refractivity contribution in [2.75, 3.05) is 19.8 Å². The first-order chi connectivity index (χ1) is 7.79. The molecule has 1 aliphatic rings. The molecule has 0 amide bonds. The van der Waals surface area contributed by atoms with Crippen molar-refractivity contribution < 1.29 is 9.47 Å². The fourth-order valence-electron chi connectivity index (χ4n) is 2.51. The summed E-state index contributed by atoms with van der Waals surface area (Å²) in [5.74, 6) is 0. The number of hydrogen-bond acceptors (Lipinski definition) is 2. The van der Waals surface area contributed by atoms with Crippen molar-refractivity contribution in [2.24, 2.45) is 5.41 Å². The Balaban J connectivity index is 2.34. The predicted molar refractivity (Wildman–Crippen MR) is 67.7 cm³/mol. The smallest absolute Gasteiger partial charge is 0.0675 e. The van der Waals surface area contributed by atoms with Crippen LogP contribution in [0.15, 0.2) is 0 Å². The lowest BCUT2D eigenvalue weighted by molar-refractivity contribution is -0.190. The summed E-state index contributed by atoms with van der Waals surface area (Å²) in [4.78, 5) is 0. The van der Waals surface area contributed by atoms with E-state index in [1.807, 2.05) is 0 Å². The lowest BCUT2D eigenvalue weighted by Gasteiger charge is -2.46. The van der Waals surface area contributed by atoms with Gasteiger partial charge in [0, 0.05) is 12.0 Å². The van der Waals surface area contributed by atoms with Gasteiger partial charge in [-0.15, -0.1) is 0 Å². The minimum atomic E-state index is 0.336. The molecule has 0 aromatic heterocycles. The largest absolute Gasteiger partial charge is 0.380 e. The molecular formula is C14H28O2. The minimum Gasteiger partial charge on any atom is -0.380 e. The van der Waals surface area contributed by atoms with E-state index >= 15 is 0 Å². The van der Waals surface area contributed by atoms with Gasteiger partial charge in [0.15, 0.2) is 0 Å². The van der Waals surface area contributed by atoms with E-state index in [2.05, 4.69) is 20.8 Å². The molecule has 1 atom stereocenters. The second-order valence-corrected chi connectivity index (χ2v) is 5.00. The molecule has 1 aliphatic heterocycles. The van der Waals surface area contributed by atoms with Gasteiger partial charge in [0.05, 0.1) is 19.3 Å². The summed E-state index contributed by atoms with van der Waals surface area (Å²) in [6.45, 7) is 9.26. The number of hydrogen-bond donors (Lipinski definition) is 0. The van der Waals surface area contributed by atoms with Gasteiger partial charge in [-0.3, -0.25) is 0 Å². The summed E-state index contributed by atoms with van der Waals surface area (Å²) in [6.07, 6.45) is 8.14. The van der Waals surface area contributed by atoms with Crippen LogP contribution in [0.2, 0.25) is 0 Å². The van der Waals surface area contributed by atoms with Crippen molar-refractivity contribution in [2.45, 2.75) is 65.4 Å². The topological polar surface area (TPSA) is 18.5 Å². The van der Waals surface area contributed by atoms with Gasteiger partial charge in [-0.05, 0) is 19.8 Å².